The summed E-state index contributed by atoms with van der Waals surface area (Å²) in [5.41, 5.74) is 3.22. The molecule has 0 amide bonds. The van der Waals surface area contributed by atoms with E-state index in [9.17, 15) is 4.39 Å². The van der Waals surface area contributed by atoms with Gasteiger partial charge >= 0.3 is 0 Å². The monoisotopic (exact) mass is 405 g/mol. The van der Waals surface area contributed by atoms with Gasteiger partial charge in [0.2, 0.25) is 5.95 Å². The molecular formula is C20H20FN9. The molecule has 0 saturated heterocycles. The third-order valence-corrected chi connectivity index (χ3v) is 5.08. The van der Waals surface area contributed by atoms with Crippen molar-refractivity contribution in [1.29, 1.82) is 0 Å². The van der Waals surface area contributed by atoms with Crippen LogP contribution in [0.3, 0.4) is 0 Å². The van der Waals surface area contributed by atoms with E-state index in [0.29, 0.717) is 29.5 Å². The van der Waals surface area contributed by atoms with E-state index in [2.05, 4.69) is 54.5 Å². The fraction of sp³-hybridized carbons (Fsp3) is 0.300. The summed E-state index contributed by atoms with van der Waals surface area (Å²) in [6, 6.07) is 1.43. The van der Waals surface area contributed by atoms with Crippen LogP contribution in [0.15, 0.2) is 37.2 Å². The van der Waals surface area contributed by atoms with Crippen LogP contribution in [0.2, 0.25) is 0 Å². The van der Waals surface area contributed by atoms with Gasteiger partial charge in [-0.3, -0.25) is 4.98 Å². The van der Waals surface area contributed by atoms with Gasteiger partial charge in [-0.1, -0.05) is 13.8 Å². The number of pyridine rings is 1. The molecule has 1 atom stereocenters. The van der Waals surface area contributed by atoms with Gasteiger partial charge in [0.25, 0.3) is 0 Å². The minimum atomic E-state index is -0.434. The van der Waals surface area contributed by atoms with Crippen molar-refractivity contribution in [1.82, 2.24) is 34.5 Å². The van der Waals surface area contributed by atoms with Crippen LogP contribution in [0.5, 0.6) is 0 Å². The van der Waals surface area contributed by atoms with Crippen LogP contribution in [-0.4, -0.2) is 47.1 Å². The number of anilines is 2. The normalized spacial score (nSPS) is 15.8. The lowest BCUT2D eigenvalue weighted by atomic mass is 10.0. The molecule has 0 radical (unpaired) electrons. The van der Waals surface area contributed by atoms with Crippen molar-refractivity contribution in [3.8, 4) is 11.4 Å². The lowest BCUT2D eigenvalue weighted by Gasteiger charge is -2.26. The van der Waals surface area contributed by atoms with E-state index < -0.39 is 5.82 Å². The van der Waals surface area contributed by atoms with Gasteiger partial charge in [0.15, 0.2) is 11.5 Å². The first-order valence-electron chi connectivity index (χ1n) is 9.74. The fourth-order valence-corrected chi connectivity index (χ4v) is 3.57. The lowest BCUT2D eigenvalue weighted by molar-refractivity contribution is 0.621. The van der Waals surface area contributed by atoms with Crippen LogP contribution in [0, 0.1) is 5.82 Å². The van der Waals surface area contributed by atoms with Crippen LogP contribution in [0.1, 0.15) is 30.9 Å². The van der Waals surface area contributed by atoms with Crippen molar-refractivity contribution < 1.29 is 4.39 Å². The zero-order valence-electron chi connectivity index (χ0n) is 16.5. The first-order valence-corrected chi connectivity index (χ1v) is 9.74. The molecule has 0 bridgehead atoms. The van der Waals surface area contributed by atoms with E-state index in [4.69, 9.17) is 0 Å². The van der Waals surface area contributed by atoms with Crippen molar-refractivity contribution in [2.75, 3.05) is 17.2 Å². The lowest BCUT2D eigenvalue weighted by Crippen LogP contribution is -2.36. The van der Waals surface area contributed by atoms with E-state index in [0.717, 1.165) is 29.6 Å². The molecule has 0 unspecified atom stereocenters. The van der Waals surface area contributed by atoms with E-state index in [1.165, 1.54) is 12.4 Å². The summed E-state index contributed by atoms with van der Waals surface area (Å²) in [4.78, 5) is 21.6. The number of nitrogens with one attached hydrogen (secondary N) is 2. The maximum atomic E-state index is 13.8. The molecule has 4 aromatic heterocycles. The smallest absolute Gasteiger partial charge is 0.228 e. The van der Waals surface area contributed by atoms with E-state index >= 15 is 0 Å². The number of hydrogen-bond acceptors (Lipinski definition) is 8. The number of aromatic nitrogens is 7. The fourth-order valence-electron chi connectivity index (χ4n) is 3.57. The average molecular weight is 405 g/mol. The minimum absolute atomic E-state index is 0.0479. The highest BCUT2D eigenvalue weighted by Gasteiger charge is 2.22. The number of rotatable bonds is 4. The molecule has 10 heteroatoms. The van der Waals surface area contributed by atoms with Gasteiger partial charge in [-0.2, -0.15) is 14.6 Å². The molecule has 0 spiro atoms. The number of halogens is 1. The summed E-state index contributed by atoms with van der Waals surface area (Å²) in [6.07, 6.45) is 8.60. The molecule has 4 aromatic rings. The number of nitrogens with zero attached hydrogens (tertiary/aromatic N) is 7. The minimum Gasteiger partial charge on any atom is -0.368 e. The first kappa shape index (κ1) is 18.3. The Hall–Kier alpha value is -3.69. The molecule has 9 nitrogen and oxygen atoms in total. The van der Waals surface area contributed by atoms with Crippen molar-refractivity contribution in [2.24, 2.45) is 0 Å². The zero-order chi connectivity index (χ0) is 20.7. The van der Waals surface area contributed by atoms with Crippen molar-refractivity contribution in [3.63, 3.8) is 0 Å². The molecule has 0 aromatic carbocycles. The van der Waals surface area contributed by atoms with Crippen LogP contribution in [-0.2, 0) is 6.42 Å². The highest BCUT2D eigenvalue weighted by molar-refractivity contribution is 5.62. The van der Waals surface area contributed by atoms with Crippen LogP contribution >= 0.6 is 0 Å². The van der Waals surface area contributed by atoms with Gasteiger partial charge in [0.05, 0.1) is 18.4 Å². The Labute approximate surface area is 171 Å². The van der Waals surface area contributed by atoms with Crippen LogP contribution < -0.4 is 10.6 Å². The Morgan fingerprint density at radius 2 is 2.07 bits per heavy atom. The first-order chi connectivity index (χ1) is 14.6. The van der Waals surface area contributed by atoms with Gasteiger partial charge in [0, 0.05) is 35.6 Å². The number of fused-ring (bicyclic) bond motifs is 2. The van der Waals surface area contributed by atoms with Gasteiger partial charge in [0.1, 0.15) is 18.0 Å². The quantitative estimate of drug-likeness (QED) is 0.534. The van der Waals surface area contributed by atoms with Gasteiger partial charge in [-0.15, -0.1) is 0 Å². The van der Waals surface area contributed by atoms with Crippen LogP contribution in [0.25, 0.3) is 17.0 Å². The summed E-state index contributed by atoms with van der Waals surface area (Å²) < 4.78 is 15.5. The van der Waals surface area contributed by atoms with Gasteiger partial charge in [-0.05, 0) is 18.4 Å². The molecule has 30 heavy (non-hydrogen) atoms. The van der Waals surface area contributed by atoms with Crippen LogP contribution in [0.4, 0.5) is 16.2 Å². The molecule has 1 aliphatic rings. The Morgan fingerprint density at radius 3 is 2.90 bits per heavy atom. The molecular weight excluding hydrogens is 385 g/mol. The summed E-state index contributed by atoms with van der Waals surface area (Å²) >= 11 is 0. The molecule has 1 aliphatic heterocycles. The summed E-state index contributed by atoms with van der Waals surface area (Å²) in [7, 11) is 0. The molecule has 0 saturated carbocycles. The third-order valence-electron chi connectivity index (χ3n) is 5.08. The zero-order valence-corrected chi connectivity index (χ0v) is 16.5. The molecule has 2 N–H and O–H groups in total. The Bertz CT molecular complexity index is 1220. The Kier molecular flexibility index (Phi) is 4.46. The van der Waals surface area contributed by atoms with Crippen molar-refractivity contribution >= 4 is 17.4 Å². The van der Waals surface area contributed by atoms with E-state index in [1.807, 2.05) is 6.20 Å². The Balaban J connectivity index is 1.57. The van der Waals surface area contributed by atoms with Crippen molar-refractivity contribution in [3.05, 3.63) is 54.1 Å². The largest absolute Gasteiger partial charge is 0.368 e. The predicted molar refractivity (Wildman–Crippen MR) is 110 cm³/mol. The van der Waals surface area contributed by atoms with E-state index in [1.54, 1.807) is 16.9 Å². The third kappa shape index (κ3) is 3.30. The van der Waals surface area contributed by atoms with Gasteiger partial charge < -0.3 is 10.6 Å². The predicted octanol–water partition coefficient (Wildman–Crippen LogP) is 2.69. The standard InChI is InChI=1S/C20H20FN9/c1-11(2)16-9-26-30-19(16)28-18(12-3-14(21)7-22-5-12)29-20(30)27-15-4-13-6-23-10-25-17(13)24-8-15/h3,5-7,9-11,15H,4,8H2,1-2H3,(H,23,24,25)(H,27,28,29)/t15-/m1/s1. The van der Waals surface area contributed by atoms with Gasteiger partial charge in [-0.25, -0.2) is 19.3 Å². The molecule has 5 heterocycles. The topological polar surface area (TPSA) is 106 Å². The average Bonchev–Trinajstić information content (AvgIpc) is 3.18. The maximum Gasteiger partial charge on any atom is 0.228 e. The summed E-state index contributed by atoms with van der Waals surface area (Å²) in [5.74, 6) is 1.58. The second-order valence-electron chi connectivity index (χ2n) is 7.58. The second kappa shape index (κ2) is 7.29. The molecule has 0 aliphatic carbocycles. The highest BCUT2D eigenvalue weighted by Crippen LogP contribution is 2.26. The second-order valence-corrected chi connectivity index (χ2v) is 7.58. The number of hydrogen-bond donors (Lipinski definition) is 2. The Morgan fingerprint density at radius 1 is 1.17 bits per heavy atom. The van der Waals surface area contributed by atoms with E-state index in [-0.39, 0.29) is 12.0 Å². The molecule has 5 rings (SSSR count). The van der Waals surface area contributed by atoms with Crippen molar-refractivity contribution in [2.45, 2.75) is 32.2 Å². The summed E-state index contributed by atoms with van der Waals surface area (Å²) in [5, 5.41) is 11.3. The highest BCUT2D eigenvalue weighted by atomic mass is 19.1. The molecule has 0 fully saturated rings. The maximum absolute atomic E-state index is 13.8. The SMILES string of the molecule is CC(C)c1cnn2c(N[C@H]3CNc4ncncc4C3)nc(-c3cncc(F)c3)nc12. The summed E-state index contributed by atoms with van der Waals surface area (Å²) in [6.45, 7) is 4.83. The molecule has 152 valence electrons.